The van der Waals surface area contributed by atoms with Crippen LogP contribution in [0.4, 0.5) is 0 Å². The molecule has 0 saturated heterocycles. The maximum atomic E-state index is 4.91. The molecule has 0 aliphatic heterocycles. The van der Waals surface area contributed by atoms with Crippen molar-refractivity contribution in [2.24, 2.45) is 0 Å². The van der Waals surface area contributed by atoms with Crippen LogP contribution in [-0.2, 0) is 4.74 Å². The fourth-order valence-electron chi connectivity index (χ4n) is 1.26. The predicted octanol–water partition coefficient (Wildman–Crippen LogP) is 4.79. The van der Waals surface area contributed by atoms with E-state index in [1.54, 1.807) is 13.4 Å². The van der Waals surface area contributed by atoms with Gasteiger partial charge < -0.3 is 4.74 Å². The number of methoxy groups -OCH3 is 1. The Morgan fingerprint density at radius 3 is 2.38 bits per heavy atom. The Morgan fingerprint density at radius 2 is 1.81 bits per heavy atom. The number of allylic oxidation sites excluding steroid dienone is 7. The molecule has 0 saturated carbocycles. The van der Waals surface area contributed by atoms with E-state index in [1.807, 2.05) is 13.0 Å². The molecule has 0 aromatic carbocycles. The number of ether oxygens (including phenoxy) is 1. The third-order valence-electron chi connectivity index (χ3n) is 2.13. The van der Waals surface area contributed by atoms with Gasteiger partial charge in [0, 0.05) is 0 Å². The molecule has 0 bridgehead atoms. The van der Waals surface area contributed by atoms with Crippen molar-refractivity contribution in [3.05, 3.63) is 47.3 Å². The number of rotatable bonds is 6. The van der Waals surface area contributed by atoms with E-state index in [-0.39, 0.29) is 0 Å². The number of hydrogen-bond donors (Lipinski definition) is 0. The van der Waals surface area contributed by atoms with Crippen LogP contribution in [0.5, 0.6) is 0 Å². The van der Waals surface area contributed by atoms with Crippen LogP contribution in [0, 0.1) is 0 Å². The van der Waals surface area contributed by atoms with E-state index in [0.29, 0.717) is 0 Å². The maximum absolute atomic E-state index is 4.91. The molecule has 0 atom stereocenters. The van der Waals surface area contributed by atoms with Crippen LogP contribution < -0.4 is 0 Å². The molecule has 0 aliphatic rings. The lowest BCUT2D eigenvalue weighted by atomic mass is 10.1. The lowest BCUT2D eigenvalue weighted by Crippen LogP contribution is -1.76. The van der Waals surface area contributed by atoms with Gasteiger partial charge in [0.15, 0.2) is 0 Å². The second-order valence-corrected chi connectivity index (χ2v) is 4.29. The SMILES string of the molecule is COC=C(C)C=CC=C(C)CCC=C(C)C. The second kappa shape index (κ2) is 9.02. The van der Waals surface area contributed by atoms with E-state index >= 15 is 0 Å². The van der Waals surface area contributed by atoms with Gasteiger partial charge in [0.25, 0.3) is 0 Å². The molecular weight excluding hydrogens is 196 g/mol. The van der Waals surface area contributed by atoms with E-state index in [2.05, 4.69) is 39.0 Å². The van der Waals surface area contributed by atoms with Crippen molar-refractivity contribution in [2.45, 2.75) is 40.5 Å². The Bertz CT molecular complexity index is 299. The average Bonchev–Trinajstić information content (AvgIpc) is 2.17. The minimum absolute atomic E-state index is 1.12. The van der Waals surface area contributed by atoms with Gasteiger partial charge in [-0.15, -0.1) is 0 Å². The van der Waals surface area contributed by atoms with Crippen molar-refractivity contribution in [3.63, 3.8) is 0 Å². The smallest absolute Gasteiger partial charge is 0.0853 e. The fraction of sp³-hybridized carbons (Fsp3) is 0.467. The highest BCUT2D eigenvalue weighted by atomic mass is 16.5. The van der Waals surface area contributed by atoms with Gasteiger partial charge in [0.05, 0.1) is 13.4 Å². The molecule has 0 fully saturated rings. The molecule has 0 rings (SSSR count). The quantitative estimate of drug-likeness (QED) is 0.355. The molecule has 16 heavy (non-hydrogen) atoms. The van der Waals surface area contributed by atoms with Crippen LogP contribution in [-0.4, -0.2) is 7.11 Å². The topological polar surface area (TPSA) is 9.23 Å². The Balaban J connectivity index is 4.04. The van der Waals surface area contributed by atoms with Gasteiger partial charge >= 0.3 is 0 Å². The minimum atomic E-state index is 1.12. The van der Waals surface area contributed by atoms with Gasteiger partial charge in [0.2, 0.25) is 0 Å². The first-order chi connectivity index (χ1) is 7.56. The van der Waals surface area contributed by atoms with E-state index < -0.39 is 0 Å². The van der Waals surface area contributed by atoms with Crippen molar-refractivity contribution in [3.8, 4) is 0 Å². The second-order valence-electron chi connectivity index (χ2n) is 4.29. The Morgan fingerprint density at radius 1 is 1.12 bits per heavy atom. The zero-order valence-corrected chi connectivity index (χ0v) is 11.2. The summed E-state index contributed by atoms with van der Waals surface area (Å²) in [6, 6.07) is 0. The summed E-state index contributed by atoms with van der Waals surface area (Å²) in [6.45, 7) is 8.46. The molecule has 0 N–H and O–H groups in total. The van der Waals surface area contributed by atoms with Crippen molar-refractivity contribution in [1.82, 2.24) is 0 Å². The minimum Gasteiger partial charge on any atom is -0.504 e. The van der Waals surface area contributed by atoms with Gasteiger partial charge in [-0.25, -0.2) is 0 Å². The van der Waals surface area contributed by atoms with E-state index in [9.17, 15) is 0 Å². The van der Waals surface area contributed by atoms with Crippen molar-refractivity contribution in [1.29, 1.82) is 0 Å². The molecule has 0 heterocycles. The standard InChI is InChI=1S/C15H24O/c1-13(2)8-6-9-14(3)10-7-11-15(4)12-16-5/h7-8,10-12H,6,9H2,1-5H3. The molecule has 0 spiro atoms. The third-order valence-corrected chi connectivity index (χ3v) is 2.13. The largest absolute Gasteiger partial charge is 0.504 e. The molecule has 0 aromatic rings. The normalized spacial score (nSPS) is 13.1. The highest BCUT2D eigenvalue weighted by Gasteiger charge is 1.87. The Hall–Kier alpha value is -1.24. The van der Waals surface area contributed by atoms with E-state index in [0.717, 1.165) is 18.4 Å². The average molecular weight is 220 g/mol. The summed E-state index contributed by atoms with van der Waals surface area (Å²) in [5.74, 6) is 0. The first-order valence-corrected chi connectivity index (χ1v) is 5.73. The third kappa shape index (κ3) is 9.32. The summed E-state index contributed by atoms with van der Waals surface area (Å²) in [6.07, 6.45) is 12.6. The molecule has 0 unspecified atom stereocenters. The van der Waals surface area contributed by atoms with Crippen LogP contribution in [0.25, 0.3) is 0 Å². The zero-order chi connectivity index (χ0) is 12.4. The van der Waals surface area contributed by atoms with E-state index in [4.69, 9.17) is 4.74 Å². The summed E-state index contributed by atoms with van der Waals surface area (Å²) >= 11 is 0. The van der Waals surface area contributed by atoms with Crippen molar-refractivity contribution >= 4 is 0 Å². The Labute approximate surface area is 100 Å². The van der Waals surface area contributed by atoms with Gasteiger partial charge in [-0.3, -0.25) is 0 Å². The molecule has 0 aromatic heterocycles. The van der Waals surface area contributed by atoms with Crippen LogP contribution >= 0.6 is 0 Å². The molecule has 0 aliphatic carbocycles. The summed E-state index contributed by atoms with van der Waals surface area (Å²) < 4.78 is 4.91. The molecular formula is C15H24O. The van der Waals surface area contributed by atoms with Gasteiger partial charge in [-0.2, -0.15) is 0 Å². The summed E-state index contributed by atoms with van der Waals surface area (Å²) in [4.78, 5) is 0. The summed E-state index contributed by atoms with van der Waals surface area (Å²) in [7, 11) is 1.66. The highest BCUT2D eigenvalue weighted by Crippen LogP contribution is 2.07. The van der Waals surface area contributed by atoms with Gasteiger partial charge in [-0.05, 0) is 46.1 Å². The summed E-state index contributed by atoms with van der Waals surface area (Å²) in [5.41, 5.74) is 3.91. The van der Waals surface area contributed by atoms with Crippen LogP contribution in [0.3, 0.4) is 0 Å². The van der Waals surface area contributed by atoms with Gasteiger partial charge in [0.1, 0.15) is 0 Å². The predicted molar refractivity (Wildman–Crippen MR) is 72.3 cm³/mol. The molecule has 0 amide bonds. The van der Waals surface area contributed by atoms with Crippen LogP contribution in [0.2, 0.25) is 0 Å². The maximum Gasteiger partial charge on any atom is 0.0853 e. The van der Waals surface area contributed by atoms with Crippen LogP contribution in [0.15, 0.2) is 47.3 Å². The highest BCUT2D eigenvalue weighted by molar-refractivity contribution is 5.21. The molecule has 90 valence electrons. The Kier molecular flexibility index (Phi) is 8.32. The lowest BCUT2D eigenvalue weighted by Gasteiger charge is -1.96. The van der Waals surface area contributed by atoms with E-state index in [1.165, 1.54) is 11.1 Å². The van der Waals surface area contributed by atoms with Crippen LogP contribution in [0.1, 0.15) is 40.5 Å². The monoisotopic (exact) mass is 220 g/mol. The molecule has 0 radical (unpaired) electrons. The summed E-state index contributed by atoms with van der Waals surface area (Å²) in [5, 5.41) is 0. The van der Waals surface area contributed by atoms with Crippen molar-refractivity contribution < 1.29 is 4.74 Å². The first kappa shape index (κ1) is 14.8. The number of hydrogen-bond acceptors (Lipinski definition) is 1. The molecule has 1 nitrogen and oxygen atoms in total. The van der Waals surface area contributed by atoms with Crippen molar-refractivity contribution in [2.75, 3.05) is 7.11 Å². The zero-order valence-electron chi connectivity index (χ0n) is 11.2. The van der Waals surface area contributed by atoms with Gasteiger partial charge in [-0.1, -0.05) is 35.5 Å². The molecule has 1 heteroatoms. The fourth-order valence-corrected chi connectivity index (χ4v) is 1.26. The first-order valence-electron chi connectivity index (χ1n) is 5.73. The lowest BCUT2D eigenvalue weighted by molar-refractivity contribution is 0.335.